The summed E-state index contributed by atoms with van der Waals surface area (Å²) in [6, 6.07) is 17.7. The second-order valence-electron chi connectivity index (χ2n) is 6.81. The quantitative estimate of drug-likeness (QED) is 0.591. The number of nitrogens with zero attached hydrogens (tertiary/aromatic N) is 2. The Kier molecular flexibility index (Phi) is 5.08. The van der Waals surface area contributed by atoms with Crippen LogP contribution in [0.15, 0.2) is 67.0 Å². The number of hydrogen-bond acceptors (Lipinski definition) is 3. The Bertz CT molecular complexity index is 1010. The molecule has 1 aromatic heterocycles. The van der Waals surface area contributed by atoms with E-state index in [1.54, 1.807) is 6.20 Å². The van der Waals surface area contributed by atoms with Gasteiger partial charge >= 0.3 is 6.09 Å². The van der Waals surface area contributed by atoms with E-state index in [-0.39, 0.29) is 12.0 Å². The van der Waals surface area contributed by atoms with E-state index in [9.17, 15) is 9.90 Å². The average molecular weight is 392 g/mol. The Labute approximate surface area is 168 Å². The van der Waals surface area contributed by atoms with Crippen LogP contribution < -0.4 is 10.6 Å². The molecule has 142 valence electrons. The van der Waals surface area contributed by atoms with Gasteiger partial charge in [-0.25, -0.2) is 4.79 Å². The first-order valence-corrected chi connectivity index (χ1v) is 9.46. The Morgan fingerprint density at radius 1 is 1.11 bits per heavy atom. The highest BCUT2D eigenvalue weighted by molar-refractivity contribution is 7.80. The maximum Gasteiger partial charge on any atom is 0.407 e. The molecule has 0 spiro atoms. The van der Waals surface area contributed by atoms with Crippen LogP contribution in [0.4, 0.5) is 10.5 Å². The summed E-state index contributed by atoms with van der Waals surface area (Å²) in [4.78, 5) is 17.1. The summed E-state index contributed by atoms with van der Waals surface area (Å²) in [5, 5.41) is 18.5. The van der Waals surface area contributed by atoms with Crippen LogP contribution in [-0.2, 0) is 0 Å². The van der Waals surface area contributed by atoms with Crippen molar-refractivity contribution in [1.29, 1.82) is 0 Å². The molecule has 0 saturated carbocycles. The summed E-state index contributed by atoms with van der Waals surface area (Å²) >= 11 is 5.54. The van der Waals surface area contributed by atoms with E-state index >= 15 is 0 Å². The summed E-state index contributed by atoms with van der Waals surface area (Å²) in [5.41, 5.74) is 1.99. The molecule has 3 aromatic rings. The molecule has 2 heterocycles. The molecule has 1 fully saturated rings. The summed E-state index contributed by atoms with van der Waals surface area (Å²) in [5.74, 6) is 0.0359. The van der Waals surface area contributed by atoms with Crippen molar-refractivity contribution < 1.29 is 9.90 Å². The second kappa shape index (κ2) is 7.82. The van der Waals surface area contributed by atoms with Crippen molar-refractivity contribution in [1.82, 2.24) is 15.2 Å². The van der Waals surface area contributed by atoms with Crippen LogP contribution in [-0.4, -0.2) is 45.3 Å². The van der Waals surface area contributed by atoms with Gasteiger partial charge in [0.2, 0.25) is 0 Å². The largest absolute Gasteiger partial charge is 0.465 e. The first-order chi connectivity index (χ1) is 13.6. The zero-order valence-electron chi connectivity index (χ0n) is 15.1. The third-order valence-electron chi connectivity index (χ3n) is 5.06. The van der Waals surface area contributed by atoms with Gasteiger partial charge in [0, 0.05) is 47.9 Å². The van der Waals surface area contributed by atoms with Crippen molar-refractivity contribution in [2.75, 3.05) is 18.4 Å². The smallest absolute Gasteiger partial charge is 0.407 e. The fraction of sp³-hybridized carbons (Fsp3) is 0.190. The molecule has 1 aliphatic rings. The number of carbonyl (C=O) groups is 1. The fourth-order valence-electron chi connectivity index (χ4n) is 3.70. The predicted octanol–water partition coefficient (Wildman–Crippen LogP) is 3.67. The van der Waals surface area contributed by atoms with Gasteiger partial charge in [0.05, 0.1) is 6.04 Å². The van der Waals surface area contributed by atoms with E-state index in [0.717, 1.165) is 22.0 Å². The molecular weight excluding hydrogens is 372 g/mol. The molecule has 2 aromatic carbocycles. The van der Waals surface area contributed by atoms with Crippen LogP contribution in [0.2, 0.25) is 0 Å². The molecule has 0 radical (unpaired) electrons. The van der Waals surface area contributed by atoms with E-state index < -0.39 is 6.09 Å². The summed E-state index contributed by atoms with van der Waals surface area (Å²) in [6.07, 6.45) is 2.65. The summed E-state index contributed by atoms with van der Waals surface area (Å²) in [6.45, 7) is 0.829. The lowest BCUT2D eigenvalue weighted by molar-refractivity contribution is 0.154. The highest BCUT2D eigenvalue weighted by Gasteiger charge is 2.36. The first kappa shape index (κ1) is 18.2. The molecule has 6 nitrogen and oxygen atoms in total. The number of hydrogen-bond donors (Lipinski definition) is 3. The molecule has 28 heavy (non-hydrogen) atoms. The molecule has 3 N–H and O–H groups in total. The molecule has 1 amide bonds. The molecule has 7 heteroatoms. The zero-order valence-corrected chi connectivity index (χ0v) is 15.9. The monoisotopic (exact) mass is 392 g/mol. The van der Waals surface area contributed by atoms with Gasteiger partial charge in [-0.2, -0.15) is 0 Å². The highest BCUT2D eigenvalue weighted by atomic mass is 32.1. The van der Waals surface area contributed by atoms with Crippen LogP contribution in [0.1, 0.15) is 11.5 Å². The number of carboxylic acid groups (broad SMARTS) is 1. The van der Waals surface area contributed by atoms with Crippen LogP contribution >= 0.6 is 12.2 Å². The van der Waals surface area contributed by atoms with Gasteiger partial charge in [-0.1, -0.05) is 42.5 Å². The number of amides is 1. The van der Waals surface area contributed by atoms with Crippen LogP contribution in [0.25, 0.3) is 10.8 Å². The highest BCUT2D eigenvalue weighted by Crippen LogP contribution is 2.28. The Morgan fingerprint density at radius 3 is 2.71 bits per heavy atom. The third kappa shape index (κ3) is 3.75. The van der Waals surface area contributed by atoms with Crippen molar-refractivity contribution >= 4 is 39.9 Å². The maximum absolute atomic E-state index is 11.5. The maximum atomic E-state index is 11.5. The molecular formula is C21H20N4O2S. The van der Waals surface area contributed by atoms with Crippen LogP contribution in [0.3, 0.4) is 0 Å². The topological polar surface area (TPSA) is 77.5 Å². The fourth-order valence-corrected chi connectivity index (χ4v) is 3.96. The number of rotatable bonds is 3. The van der Waals surface area contributed by atoms with Crippen molar-refractivity contribution in [2.45, 2.75) is 12.0 Å². The van der Waals surface area contributed by atoms with Gasteiger partial charge in [0.15, 0.2) is 5.11 Å². The minimum atomic E-state index is -0.911. The molecule has 0 aliphatic carbocycles. The van der Waals surface area contributed by atoms with E-state index in [1.807, 2.05) is 60.8 Å². The van der Waals surface area contributed by atoms with Crippen molar-refractivity contribution in [3.05, 3.63) is 72.6 Å². The predicted molar refractivity (Wildman–Crippen MR) is 114 cm³/mol. The summed E-state index contributed by atoms with van der Waals surface area (Å²) in [7, 11) is 0. The molecule has 1 aliphatic heterocycles. The Balaban J connectivity index is 1.52. The number of thiocarbonyl (C=S) groups is 1. The molecule has 0 bridgehead atoms. The zero-order chi connectivity index (χ0) is 19.5. The van der Waals surface area contributed by atoms with Gasteiger partial charge < -0.3 is 20.6 Å². The van der Waals surface area contributed by atoms with E-state index in [1.165, 1.54) is 4.90 Å². The number of pyridine rings is 1. The van der Waals surface area contributed by atoms with E-state index in [0.29, 0.717) is 18.2 Å². The van der Waals surface area contributed by atoms with Crippen molar-refractivity contribution in [2.24, 2.45) is 0 Å². The number of likely N-dealkylation sites (tertiary alicyclic amines) is 1. The minimum Gasteiger partial charge on any atom is -0.465 e. The first-order valence-electron chi connectivity index (χ1n) is 9.05. The standard InChI is InChI=1S/C21H20N4O2S/c26-21(27)25-12-17(14-5-2-1-3-6-14)19(13-25)24-20(28)23-18-8-4-7-15-11-22-10-9-16(15)18/h1-11,17,19H,12-13H2,(H,26,27)(H2,23,24,28)/t17-,19+/m1/s1. The third-order valence-corrected chi connectivity index (χ3v) is 5.28. The Morgan fingerprint density at radius 2 is 1.93 bits per heavy atom. The normalized spacial score (nSPS) is 18.8. The van der Waals surface area contributed by atoms with Crippen LogP contribution in [0.5, 0.6) is 0 Å². The van der Waals surface area contributed by atoms with Crippen LogP contribution in [0, 0.1) is 0 Å². The number of benzene rings is 2. The molecule has 2 atom stereocenters. The van der Waals surface area contributed by atoms with E-state index in [2.05, 4.69) is 15.6 Å². The lowest BCUT2D eigenvalue weighted by Crippen LogP contribution is -2.42. The number of anilines is 1. The number of fused-ring (bicyclic) bond motifs is 1. The van der Waals surface area contributed by atoms with Gasteiger partial charge in [-0.15, -0.1) is 0 Å². The lowest BCUT2D eigenvalue weighted by Gasteiger charge is -2.22. The van der Waals surface area contributed by atoms with Gasteiger partial charge in [-0.3, -0.25) is 4.98 Å². The SMILES string of the molecule is O=C(O)N1C[C@H](NC(=S)Nc2cccc3cnccc23)[C@@H](c2ccccc2)C1. The number of aromatic nitrogens is 1. The van der Waals surface area contributed by atoms with Gasteiger partial charge in [0.25, 0.3) is 0 Å². The van der Waals surface area contributed by atoms with Gasteiger partial charge in [-0.05, 0) is 29.9 Å². The minimum absolute atomic E-state index is 0.0359. The van der Waals surface area contributed by atoms with Crippen molar-refractivity contribution in [3.63, 3.8) is 0 Å². The summed E-state index contributed by atoms with van der Waals surface area (Å²) < 4.78 is 0. The molecule has 4 rings (SSSR count). The average Bonchev–Trinajstić information content (AvgIpc) is 3.13. The number of nitrogens with one attached hydrogen (secondary N) is 2. The lowest BCUT2D eigenvalue weighted by atomic mass is 9.94. The molecule has 0 unspecified atom stereocenters. The van der Waals surface area contributed by atoms with Gasteiger partial charge in [0.1, 0.15) is 0 Å². The second-order valence-corrected chi connectivity index (χ2v) is 7.22. The van der Waals surface area contributed by atoms with Crippen molar-refractivity contribution in [3.8, 4) is 0 Å². The Hall–Kier alpha value is -3.19. The van der Waals surface area contributed by atoms with E-state index in [4.69, 9.17) is 12.2 Å². The molecule has 1 saturated heterocycles.